The fourth-order valence-corrected chi connectivity index (χ4v) is 3.53. The third-order valence-corrected chi connectivity index (χ3v) is 4.89. The van der Waals surface area contributed by atoms with Crippen molar-refractivity contribution in [3.63, 3.8) is 0 Å². The summed E-state index contributed by atoms with van der Waals surface area (Å²) in [6.07, 6.45) is 3.23. The molecule has 0 atom stereocenters. The highest BCUT2D eigenvalue weighted by atomic mass is 32.2. The van der Waals surface area contributed by atoms with E-state index in [1.54, 1.807) is 7.11 Å². The molecule has 0 aromatic carbocycles. The minimum Gasteiger partial charge on any atom is -0.390 e. The second-order valence-corrected chi connectivity index (χ2v) is 6.25. The number of aromatic amines is 1. The Balaban J connectivity index is 2.21. The molecule has 0 amide bonds. The summed E-state index contributed by atoms with van der Waals surface area (Å²) < 4.78 is 31.3. The topological polar surface area (TPSA) is 82.6 Å². The van der Waals surface area contributed by atoms with Crippen LogP contribution in [0.5, 0.6) is 0 Å². The quantitative estimate of drug-likeness (QED) is 0.749. The highest BCUT2D eigenvalue weighted by Gasteiger charge is 2.38. The van der Waals surface area contributed by atoms with Crippen molar-refractivity contribution in [2.45, 2.75) is 30.4 Å². The van der Waals surface area contributed by atoms with Gasteiger partial charge in [0, 0.05) is 31.6 Å². The molecule has 0 bridgehead atoms. The van der Waals surface area contributed by atoms with Gasteiger partial charge in [-0.2, -0.15) is 4.31 Å². The van der Waals surface area contributed by atoms with Gasteiger partial charge in [-0.15, -0.1) is 0 Å². The lowest BCUT2D eigenvalue weighted by molar-refractivity contribution is 0.177. The predicted molar refractivity (Wildman–Crippen MR) is 65.5 cm³/mol. The fraction of sp³-hybridized carbons (Fsp3) is 0.636. The summed E-state index contributed by atoms with van der Waals surface area (Å²) in [5.41, 5.74) is 0.496. The second kappa shape index (κ2) is 5.40. The third-order valence-electron chi connectivity index (χ3n) is 2.96. The maximum absolute atomic E-state index is 12.4. The standard InChI is InChI=1S/C11H18N2O4S/c1-17-5-4-13(10-2-3-10)18(15,16)11-6-9(8-14)12-7-11/h6-7,10,12,14H,2-5,8H2,1H3. The molecule has 1 aliphatic rings. The molecule has 0 unspecified atom stereocenters. The maximum atomic E-state index is 12.4. The Kier molecular flexibility index (Phi) is 4.06. The van der Waals surface area contributed by atoms with Gasteiger partial charge >= 0.3 is 0 Å². The monoisotopic (exact) mass is 274 g/mol. The first kappa shape index (κ1) is 13.5. The van der Waals surface area contributed by atoms with Crippen molar-refractivity contribution in [3.8, 4) is 0 Å². The summed E-state index contributed by atoms with van der Waals surface area (Å²) in [6.45, 7) is 0.549. The highest BCUT2D eigenvalue weighted by Crippen LogP contribution is 2.31. The summed E-state index contributed by atoms with van der Waals surface area (Å²) in [5.74, 6) is 0. The van der Waals surface area contributed by atoms with Crippen molar-refractivity contribution in [1.82, 2.24) is 9.29 Å². The van der Waals surface area contributed by atoms with Crippen LogP contribution >= 0.6 is 0 Å². The average Bonchev–Trinajstić information content (AvgIpc) is 3.05. The van der Waals surface area contributed by atoms with E-state index in [-0.39, 0.29) is 17.5 Å². The number of rotatable bonds is 7. The molecule has 18 heavy (non-hydrogen) atoms. The van der Waals surface area contributed by atoms with Crippen LogP contribution in [0.2, 0.25) is 0 Å². The summed E-state index contributed by atoms with van der Waals surface area (Å²) >= 11 is 0. The maximum Gasteiger partial charge on any atom is 0.244 e. The molecule has 0 spiro atoms. The van der Waals surface area contributed by atoms with E-state index in [1.165, 1.54) is 16.6 Å². The van der Waals surface area contributed by atoms with E-state index in [4.69, 9.17) is 9.84 Å². The summed E-state index contributed by atoms with van der Waals surface area (Å²) in [5, 5.41) is 8.96. The van der Waals surface area contributed by atoms with Crippen LogP contribution in [0, 0.1) is 0 Å². The number of H-pyrrole nitrogens is 1. The number of methoxy groups -OCH3 is 1. The number of aliphatic hydroxyl groups excluding tert-OH is 1. The van der Waals surface area contributed by atoms with Gasteiger partial charge in [-0.3, -0.25) is 0 Å². The molecule has 0 saturated heterocycles. The number of aromatic nitrogens is 1. The predicted octanol–water partition coefficient (Wildman–Crippen LogP) is 0.307. The molecule has 6 nitrogen and oxygen atoms in total. The van der Waals surface area contributed by atoms with Crippen LogP contribution in [0.3, 0.4) is 0 Å². The van der Waals surface area contributed by atoms with Gasteiger partial charge in [0.25, 0.3) is 0 Å². The Hall–Kier alpha value is -0.890. The van der Waals surface area contributed by atoms with Gasteiger partial charge in [-0.05, 0) is 18.9 Å². The number of nitrogens with one attached hydrogen (secondary N) is 1. The van der Waals surface area contributed by atoms with Crippen molar-refractivity contribution in [2.24, 2.45) is 0 Å². The Morgan fingerprint density at radius 2 is 2.28 bits per heavy atom. The zero-order chi connectivity index (χ0) is 13.2. The number of nitrogens with zero attached hydrogens (tertiary/aromatic N) is 1. The van der Waals surface area contributed by atoms with Gasteiger partial charge < -0.3 is 14.8 Å². The molecule has 0 radical (unpaired) electrons. The van der Waals surface area contributed by atoms with E-state index in [0.29, 0.717) is 18.8 Å². The van der Waals surface area contributed by atoms with Crippen LogP contribution in [0.15, 0.2) is 17.2 Å². The Morgan fingerprint density at radius 1 is 1.56 bits per heavy atom. The van der Waals surface area contributed by atoms with Crippen LogP contribution in [-0.2, 0) is 21.4 Å². The first-order valence-electron chi connectivity index (χ1n) is 5.88. The largest absolute Gasteiger partial charge is 0.390 e. The molecule has 102 valence electrons. The van der Waals surface area contributed by atoms with E-state index >= 15 is 0 Å². The number of ether oxygens (including phenoxy) is 1. The van der Waals surface area contributed by atoms with E-state index in [9.17, 15) is 8.42 Å². The van der Waals surface area contributed by atoms with Crippen LogP contribution in [0.1, 0.15) is 18.5 Å². The molecule has 2 N–H and O–H groups in total. The van der Waals surface area contributed by atoms with Crippen LogP contribution in [0.4, 0.5) is 0 Å². The molecular formula is C11H18N2O4S. The highest BCUT2D eigenvalue weighted by molar-refractivity contribution is 7.89. The molecule has 1 aliphatic carbocycles. The minimum absolute atomic E-state index is 0.0950. The van der Waals surface area contributed by atoms with Crippen molar-refractivity contribution in [2.75, 3.05) is 20.3 Å². The third kappa shape index (κ3) is 2.74. The van der Waals surface area contributed by atoms with Crippen LogP contribution in [0.25, 0.3) is 0 Å². The van der Waals surface area contributed by atoms with Gasteiger partial charge in [0.15, 0.2) is 0 Å². The number of hydrogen-bond donors (Lipinski definition) is 2. The first-order chi connectivity index (χ1) is 8.59. The normalized spacial score (nSPS) is 16.4. The lowest BCUT2D eigenvalue weighted by Gasteiger charge is -2.20. The Labute approximate surface area is 107 Å². The minimum atomic E-state index is -3.49. The van der Waals surface area contributed by atoms with Crippen molar-refractivity contribution in [3.05, 3.63) is 18.0 Å². The lowest BCUT2D eigenvalue weighted by atomic mass is 10.5. The van der Waals surface area contributed by atoms with Crippen LogP contribution in [-0.4, -0.2) is 49.1 Å². The number of aliphatic hydroxyl groups is 1. The summed E-state index contributed by atoms with van der Waals surface area (Å²) in [7, 11) is -1.93. The molecule has 1 aromatic rings. The zero-order valence-electron chi connectivity index (χ0n) is 10.3. The SMILES string of the molecule is COCCN(C1CC1)S(=O)(=O)c1c[nH]c(CO)c1. The molecule has 1 fully saturated rings. The van der Waals surface area contributed by atoms with E-state index < -0.39 is 10.0 Å². The van der Waals surface area contributed by atoms with Crippen molar-refractivity contribution in [1.29, 1.82) is 0 Å². The lowest BCUT2D eigenvalue weighted by Crippen LogP contribution is -2.35. The van der Waals surface area contributed by atoms with Gasteiger partial charge in [-0.1, -0.05) is 0 Å². The fourth-order valence-electron chi connectivity index (χ4n) is 1.84. The van der Waals surface area contributed by atoms with Crippen molar-refractivity contribution < 1.29 is 18.3 Å². The van der Waals surface area contributed by atoms with Gasteiger partial charge in [0.05, 0.1) is 18.1 Å². The molecule has 0 aliphatic heterocycles. The smallest absolute Gasteiger partial charge is 0.244 e. The molecule has 2 rings (SSSR count). The van der Waals surface area contributed by atoms with Gasteiger partial charge in [0.2, 0.25) is 10.0 Å². The molecule has 1 saturated carbocycles. The van der Waals surface area contributed by atoms with E-state index in [2.05, 4.69) is 4.98 Å². The summed E-state index contributed by atoms with van der Waals surface area (Å²) in [4.78, 5) is 2.95. The molecular weight excluding hydrogens is 256 g/mol. The van der Waals surface area contributed by atoms with E-state index in [1.807, 2.05) is 0 Å². The Morgan fingerprint density at radius 3 is 2.78 bits per heavy atom. The number of sulfonamides is 1. The molecule has 7 heteroatoms. The molecule has 1 aromatic heterocycles. The second-order valence-electron chi connectivity index (χ2n) is 4.36. The van der Waals surface area contributed by atoms with Crippen LogP contribution < -0.4 is 0 Å². The summed E-state index contributed by atoms with van der Waals surface area (Å²) in [6, 6.07) is 1.56. The Bertz CT molecular complexity index is 493. The number of hydrogen-bond acceptors (Lipinski definition) is 4. The molecule has 1 heterocycles. The van der Waals surface area contributed by atoms with Gasteiger partial charge in [-0.25, -0.2) is 8.42 Å². The van der Waals surface area contributed by atoms with Gasteiger partial charge in [0.1, 0.15) is 0 Å². The first-order valence-corrected chi connectivity index (χ1v) is 7.32. The zero-order valence-corrected chi connectivity index (χ0v) is 11.1. The van der Waals surface area contributed by atoms with Crippen molar-refractivity contribution >= 4 is 10.0 Å². The van der Waals surface area contributed by atoms with E-state index in [0.717, 1.165) is 12.8 Å². The average molecular weight is 274 g/mol.